The molecule has 6 aromatic carbocycles. The van der Waals surface area contributed by atoms with Crippen LogP contribution in [0.2, 0.25) is 0 Å². The van der Waals surface area contributed by atoms with Gasteiger partial charge in [0.05, 0.1) is 0 Å². The molecule has 1 aliphatic carbocycles. The van der Waals surface area contributed by atoms with E-state index < -0.39 is 10.8 Å². The summed E-state index contributed by atoms with van der Waals surface area (Å²) in [5, 5.41) is 1.99. The first-order chi connectivity index (χ1) is 27.7. The van der Waals surface area contributed by atoms with Gasteiger partial charge in [0, 0.05) is 44.2 Å². The molecule has 0 radical (unpaired) electrons. The van der Waals surface area contributed by atoms with Gasteiger partial charge in [0.1, 0.15) is 56.5 Å². The molecule has 2 aliphatic heterocycles. The molecule has 0 saturated carbocycles. The molecule has 3 aliphatic rings. The second kappa shape index (κ2) is 10.6. The van der Waals surface area contributed by atoms with Crippen molar-refractivity contribution >= 4 is 21.9 Å². The summed E-state index contributed by atoms with van der Waals surface area (Å²) in [4.78, 5) is 0. The van der Waals surface area contributed by atoms with Crippen molar-refractivity contribution in [1.29, 1.82) is 0 Å². The van der Waals surface area contributed by atoms with E-state index in [2.05, 4.69) is 72.8 Å². The first kappa shape index (κ1) is 29.9. The number of hydrogen-bond acceptors (Lipinski definition) is 6. The number of ether oxygens (including phenoxy) is 2. The Balaban J connectivity index is 1.24. The maximum Gasteiger partial charge on any atom is 0.170 e. The lowest BCUT2D eigenvalue weighted by Gasteiger charge is -2.48. The molecule has 0 unspecified atom stereocenters. The smallest absolute Gasteiger partial charge is 0.170 e. The normalized spacial score (nSPS) is 15.0. The molecule has 56 heavy (non-hydrogen) atoms. The lowest BCUT2D eigenvalue weighted by atomic mass is 9.53. The van der Waals surface area contributed by atoms with E-state index in [1.54, 1.807) is 0 Å². The summed E-state index contributed by atoms with van der Waals surface area (Å²) in [6.45, 7) is 0. The summed E-state index contributed by atoms with van der Waals surface area (Å²) in [5.74, 6) is 6.91. The average molecular weight is 725 g/mol. The van der Waals surface area contributed by atoms with Gasteiger partial charge in [-0.15, -0.1) is 0 Å². The third-order valence-corrected chi connectivity index (χ3v) is 11.9. The Bertz CT molecular complexity index is 2820. The van der Waals surface area contributed by atoms with Crippen molar-refractivity contribution in [3.05, 3.63) is 215 Å². The molecular weight excluding hydrogens is 697 g/mol. The Kier molecular flexibility index (Phi) is 5.68. The van der Waals surface area contributed by atoms with Gasteiger partial charge in [-0.1, -0.05) is 109 Å². The first-order valence-corrected chi connectivity index (χ1v) is 18.7. The summed E-state index contributed by atoms with van der Waals surface area (Å²) in [6, 6.07) is 57.4. The van der Waals surface area contributed by atoms with E-state index in [9.17, 15) is 0 Å². The minimum atomic E-state index is -1.03. The van der Waals surface area contributed by atoms with Gasteiger partial charge in [-0.25, -0.2) is 0 Å². The molecule has 0 amide bonds. The third-order valence-electron chi connectivity index (χ3n) is 11.9. The largest absolute Gasteiger partial charge is 0.457 e. The summed E-state index contributed by atoms with van der Waals surface area (Å²) >= 11 is 0. The predicted molar refractivity (Wildman–Crippen MR) is 212 cm³/mol. The molecule has 10 aromatic rings. The number of benzene rings is 6. The number of furan rings is 4. The molecule has 0 fully saturated rings. The SMILES string of the molecule is c1ccc2c(c1)Oc1ccccc1C21c2cc(-c3cc4ccccc4o3)oc2C2(c3ccccc3Oc3ccccc32)c2cc(-c3cc4ccccc4o3)oc21. The Morgan fingerprint density at radius 1 is 0.286 bits per heavy atom. The molecule has 0 saturated heterocycles. The van der Waals surface area contributed by atoms with Crippen LogP contribution >= 0.6 is 0 Å². The molecular formula is C50H28O6. The Hall–Kier alpha value is -7.44. The zero-order valence-corrected chi connectivity index (χ0v) is 29.6. The van der Waals surface area contributed by atoms with Gasteiger partial charge in [-0.05, 0) is 60.7 Å². The van der Waals surface area contributed by atoms with Crippen molar-refractivity contribution in [2.75, 3.05) is 0 Å². The highest BCUT2D eigenvalue weighted by Gasteiger charge is 2.63. The molecule has 264 valence electrons. The van der Waals surface area contributed by atoms with Gasteiger partial charge >= 0.3 is 0 Å². The minimum Gasteiger partial charge on any atom is -0.457 e. The van der Waals surface area contributed by atoms with Crippen LogP contribution in [0.15, 0.2) is 188 Å². The predicted octanol–water partition coefficient (Wildman–Crippen LogP) is 13.0. The van der Waals surface area contributed by atoms with Gasteiger partial charge in [0.15, 0.2) is 23.0 Å². The van der Waals surface area contributed by atoms with Gasteiger partial charge in [-0.3, -0.25) is 0 Å². The van der Waals surface area contributed by atoms with Crippen molar-refractivity contribution in [3.63, 3.8) is 0 Å². The standard InChI is InChI=1S/C50H28O6/c1-7-19-37-29(13-1)25-43(51-37)45-27-35-47(55-45)50(33-17-5-11-23-41(33)54-42-24-12-6-18-34(42)50)36-28-46(44-26-30-14-2-8-20-38(30)52-44)56-48(36)49(35)31-15-3-9-21-39(31)53-40-22-10-4-16-32(40)49/h1-28H. The van der Waals surface area contributed by atoms with E-state index in [0.29, 0.717) is 23.0 Å². The number of fused-ring (bicyclic) bond motifs is 16. The Morgan fingerprint density at radius 3 is 0.982 bits per heavy atom. The second-order valence-electron chi connectivity index (χ2n) is 14.7. The number of hydrogen-bond donors (Lipinski definition) is 0. The monoisotopic (exact) mass is 724 g/mol. The molecule has 6 heteroatoms. The van der Waals surface area contributed by atoms with Crippen LogP contribution in [-0.4, -0.2) is 0 Å². The van der Waals surface area contributed by atoms with E-state index in [1.165, 1.54) is 0 Å². The van der Waals surface area contributed by atoms with E-state index in [1.807, 2.05) is 97.1 Å². The second-order valence-corrected chi connectivity index (χ2v) is 14.7. The molecule has 0 N–H and O–H groups in total. The van der Waals surface area contributed by atoms with E-state index >= 15 is 0 Å². The topological polar surface area (TPSA) is 71.0 Å². The molecule has 0 bridgehead atoms. The van der Waals surface area contributed by atoms with Gasteiger partial charge in [0.25, 0.3) is 0 Å². The maximum absolute atomic E-state index is 7.45. The van der Waals surface area contributed by atoms with Crippen LogP contribution in [-0.2, 0) is 10.8 Å². The molecule has 6 nitrogen and oxygen atoms in total. The van der Waals surface area contributed by atoms with Gasteiger partial charge in [-0.2, -0.15) is 0 Å². The summed E-state index contributed by atoms with van der Waals surface area (Å²) in [6.07, 6.45) is 0. The molecule has 2 spiro atoms. The van der Waals surface area contributed by atoms with Crippen LogP contribution in [0.25, 0.3) is 45.0 Å². The number of para-hydroxylation sites is 6. The van der Waals surface area contributed by atoms with Crippen molar-refractivity contribution in [3.8, 4) is 46.0 Å². The van der Waals surface area contributed by atoms with Crippen molar-refractivity contribution in [2.24, 2.45) is 0 Å². The number of rotatable bonds is 2. The Morgan fingerprint density at radius 2 is 0.607 bits per heavy atom. The van der Waals surface area contributed by atoms with E-state index in [-0.39, 0.29) is 0 Å². The highest BCUT2D eigenvalue weighted by Crippen LogP contribution is 2.68. The van der Waals surface area contributed by atoms with Crippen LogP contribution in [0.1, 0.15) is 44.9 Å². The quantitative estimate of drug-likeness (QED) is 0.177. The van der Waals surface area contributed by atoms with Crippen molar-refractivity contribution in [2.45, 2.75) is 10.8 Å². The fourth-order valence-corrected chi connectivity index (χ4v) is 9.65. The summed E-state index contributed by atoms with van der Waals surface area (Å²) in [5.41, 5.74) is 5.10. The van der Waals surface area contributed by atoms with Crippen LogP contribution in [0.3, 0.4) is 0 Å². The molecule has 13 rings (SSSR count). The fraction of sp³-hybridized carbons (Fsp3) is 0.0400. The van der Waals surface area contributed by atoms with Crippen molar-refractivity contribution in [1.82, 2.24) is 0 Å². The lowest BCUT2D eigenvalue weighted by molar-refractivity contribution is 0.351. The van der Waals surface area contributed by atoms with Crippen LogP contribution in [0, 0.1) is 0 Å². The van der Waals surface area contributed by atoms with E-state index in [4.69, 9.17) is 27.1 Å². The molecule has 4 aromatic heterocycles. The highest BCUT2D eigenvalue weighted by atomic mass is 16.5. The van der Waals surface area contributed by atoms with Gasteiger partial charge in [0.2, 0.25) is 0 Å². The van der Waals surface area contributed by atoms with E-state index in [0.717, 1.165) is 89.8 Å². The van der Waals surface area contributed by atoms with Gasteiger partial charge < -0.3 is 27.1 Å². The molecule has 0 atom stereocenters. The zero-order chi connectivity index (χ0) is 36.6. The zero-order valence-electron chi connectivity index (χ0n) is 29.6. The maximum atomic E-state index is 7.45. The third kappa shape index (κ3) is 3.66. The van der Waals surface area contributed by atoms with Crippen LogP contribution in [0.4, 0.5) is 0 Å². The minimum absolute atomic E-state index is 0.607. The van der Waals surface area contributed by atoms with Crippen LogP contribution < -0.4 is 9.47 Å². The average Bonchev–Trinajstić information content (AvgIpc) is 4.07. The first-order valence-electron chi connectivity index (χ1n) is 18.7. The Labute approximate surface area is 319 Å². The summed E-state index contributed by atoms with van der Waals surface area (Å²) in [7, 11) is 0. The highest BCUT2D eigenvalue weighted by molar-refractivity contribution is 5.86. The van der Waals surface area contributed by atoms with Crippen LogP contribution in [0.5, 0.6) is 23.0 Å². The summed E-state index contributed by atoms with van der Waals surface area (Å²) < 4.78 is 41.4. The lowest BCUT2D eigenvalue weighted by Crippen LogP contribution is -2.46. The fourth-order valence-electron chi connectivity index (χ4n) is 9.65. The molecule has 6 heterocycles. The van der Waals surface area contributed by atoms with Crippen molar-refractivity contribution < 1.29 is 27.1 Å².